The SMILES string of the molecule is CC(C)C(=O)NCC(O)COc1ccc(C2c3[nH]c4c(c3CCN2C(=O)Oc2ccc(Cl)cc2)C=C(Cl)C(C)C4)cc1. The van der Waals surface area contributed by atoms with Gasteiger partial charge in [-0.2, -0.15) is 0 Å². The Bertz CT molecular complexity index is 1470. The Morgan fingerprint density at radius 2 is 1.79 bits per heavy atom. The molecule has 222 valence electrons. The van der Waals surface area contributed by atoms with E-state index in [0.717, 1.165) is 39.5 Å². The van der Waals surface area contributed by atoms with Crippen molar-refractivity contribution in [2.75, 3.05) is 19.7 Å². The number of aromatic amines is 1. The van der Waals surface area contributed by atoms with Crippen molar-refractivity contribution in [1.29, 1.82) is 0 Å². The third kappa shape index (κ3) is 6.61. The van der Waals surface area contributed by atoms with E-state index < -0.39 is 18.2 Å². The second kappa shape index (κ2) is 12.8. The van der Waals surface area contributed by atoms with Gasteiger partial charge in [0.25, 0.3) is 0 Å². The molecule has 3 unspecified atom stereocenters. The van der Waals surface area contributed by atoms with Crippen LogP contribution in [-0.4, -0.2) is 52.8 Å². The number of hydrogen-bond acceptors (Lipinski definition) is 5. The summed E-state index contributed by atoms with van der Waals surface area (Å²) < 4.78 is 11.5. The van der Waals surface area contributed by atoms with Gasteiger partial charge >= 0.3 is 6.09 Å². The van der Waals surface area contributed by atoms with Crippen LogP contribution in [-0.2, 0) is 17.6 Å². The summed E-state index contributed by atoms with van der Waals surface area (Å²) in [7, 11) is 0. The zero-order valence-electron chi connectivity index (χ0n) is 23.8. The molecule has 2 amide bonds. The first-order chi connectivity index (χ1) is 20.1. The van der Waals surface area contributed by atoms with Crippen molar-refractivity contribution in [2.24, 2.45) is 11.8 Å². The first kappa shape index (κ1) is 30.0. The van der Waals surface area contributed by atoms with E-state index in [2.05, 4.69) is 17.2 Å². The lowest BCUT2D eigenvalue weighted by Gasteiger charge is -2.35. The van der Waals surface area contributed by atoms with Crippen LogP contribution in [0.4, 0.5) is 4.79 Å². The van der Waals surface area contributed by atoms with Crippen LogP contribution in [0.1, 0.15) is 54.9 Å². The van der Waals surface area contributed by atoms with Crippen molar-refractivity contribution in [3.8, 4) is 11.5 Å². The van der Waals surface area contributed by atoms with Crippen LogP contribution in [0.5, 0.6) is 11.5 Å². The van der Waals surface area contributed by atoms with Crippen LogP contribution in [0.2, 0.25) is 5.02 Å². The Morgan fingerprint density at radius 3 is 2.48 bits per heavy atom. The number of aromatic nitrogens is 1. The summed E-state index contributed by atoms with van der Waals surface area (Å²) in [6.45, 7) is 6.29. The highest BCUT2D eigenvalue weighted by Crippen LogP contribution is 2.42. The number of benzene rings is 2. The molecule has 1 aliphatic heterocycles. The molecule has 1 aromatic heterocycles. The molecule has 0 bridgehead atoms. The van der Waals surface area contributed by atoms with Crippen LogP contribution >= 0.6 is 23.2 Å². The van der Waals surface area contributed by atoms with Gasteiger partial charge in [0.15, 0.2) is 0 Å². The van der Waals surface area contributed by atoms with Crippen LogP contribution < -0.4 is 14.8 Å². The molecular formula is C32H35Cl2N3O5. The molecule has 8 nitrogen and oxygen atoms in total. The molecule has 2 aromatic carbocycles. The van der Waals surface area contributed by atoms with Gasteiger partial charge in [0.1, 0.15) is 30.3 Å². The molecule has 0 saturated carbocycles. The first-order valence-corrected chi connectivity index (χ1v) is 14.9. The summed E-state index contributed by atoms with van der Waals surface area (Å²) in [5, 5.41) is 14.3. The molecule has 0 radical (unpaired) electrons. The van der Waals surface area contributed by atoms with E-state index in [9.17, 15) is 14.7 Å². The van der Waals surface area contributed by atoms with Crippen LogP contribution in [0.3, 0.4) is 0 Å². The fourth-order valence-electron chi connectivity index (χ4n) is 5.30. The predicted molar refractivity (Wildman–Crippen MR) is 163 cm³/mol. The molecule has 0 saturated heterocycles. The Kier molecular flexibility index (Phi) is 9.16. The molecule has 2 heterocycles. The van der Waals surface area contributed by atoms with Crippen molar-refractivity contribution in [1.82, 2.24) is 15.2 Å². The average molecular weight is 613 g/mol. The second-order valence-electron chi connectivity index (χ2n) is 11.1. The van der Waals surface area contributed by atoms with E-state index in [0.29, 0.717) is 29.5 Å². The quantitative estimate of drug-likeness (QED) is 0.285. The molecule has 5 rings (SSSR count). The lowest BCUT2D eigenvalue weighted by Crippen LogP contribution is -2.42. The number of aliphatic hydroxyl groups is 1. The third-order valence-corrected chi connectivity index (χ3v) is 8.37. The molecule has 0 fully saturated rings. The minimum absolute atomic E-state index is 0.0273. The minimum atomic E-state index is -0.848. The van der Waals surface area contributed by atoms with Gasteiger partial charge in [0.05, 0.1) is 0 Å². The van der Waals surface area contributed by atoms with Gasteiger partial charge in [-0.05, 0) is 77.9 Å². The molecule has 1 aliphatic carbocycles. The maximum absolute atomic E-state index is 13.5. The number of aliphatic hydroxyl groups excluding tert-OH is 1. The summed E-state index contributed by atoms with van der Waals surface area (Å²) in [5.74, 6) is 0.913. The zero-order valence-corrected chi connectivity index (χ0v) is 25.3. The van der Waals surface area contributed by atoms with Crippen LogP contribution in [0, 0.1) is 11.8 Å². The van der Waals surface area contributed by atoms with Gasteiger partial charge in [-0.1, -0.05) is 56.1 Å². The number of fused-ring (bicyclic) bond motifs is 3. The summed E-state index contributed by atoms with van der Waals surface area (Å²) in [4.78, 5) is 30.7. The molecule has 3 N–H and O–H groups in total. The number of nitrogens with one attached hydrogen (secondary N) is 2. The summed E-state index contributed by atoms with van der Waals surface area (Å²) in [6.07, 6.45) is 2.19. The molecule has 2 aliphatic rings. The van der Waals surface area contributed by atoms with Crippen molar-refractivity contribution in [2.45, 2.75) is 45.8 Å². The van der Waals surface area contributed by atoms with Gasteiger partial charge in [-0.3, -0.25) is 9.69 Å². The molecular weight excluding hydrogens is 577 g/mol. The van der Waals surface area contributed by atoms with Crippen molar-refractivity contribution in [3.63, 3.8) is 0 Å². The van der Waals surface area contributed by atoms with Crippen molar-refractivity contribution < 1.29 is 24.2 Å². The standard InChI is InChI=1S/C32H35Cl2N3O5/c1-18(2)31(39)35-16-22(38)17-41-23-8-4-20(5-9-23)30-29-25(26-15-27(34)19(3)14-28(26)36-29)12-13-37(30)32(40)42-24-10-6-21(33)7-11-24/h4-11,15,18-19,22,30,36,38H,12-14,16-17H2,1-3H3,(H,35,39). The molecule has 0 spiro atoms. The topological polar surface area (TPSA) is 104 Å². The molecule has 3 aromatic rings. The van der Waals surface area contributed by atoms with Crippen molar-refractivity contribution >= 4 is 41.3 Å². The number of amides is 2. The maximum Gasteiger partial charge on any atom is 0.416 e. The largest absolute Gasteiger partial charge is 0.491 e. The third-order valence-electron chi connectivity index (χ3n) is 7.64. The number of nitrogens with zero attached hydrogens (tertiary/aromatic N) is 1. The van der Waals surface area contributed by atoms with E-state index in [1.54, 1.807) is 43.0 Å². The van der Waals surface area contributed by atoms with E-state index in [1.165, 1.54) is 0 Å². The van der Waals surface area contributed by atoms with Gasteiger partial charge < -0.3 is 24.9 Å². The van der Waals surface area contributed by atoms with Crippen molar-refractivity contribution in [3.05, 3.63) is 86.7 Å². The highest BCUT2D eigenvalue weighted by Gasteiger charge is 2.37. The number of allylic oxidation sites excluding steroid dienone is 1. The summed E-state index contributed by atoms with van der Waals surface area (Å²) in [6, 6.07) is 13.7. The summed E-state index contributed by atoms with van der Waals surface area (Å²) in [5.41, 5.74) is 5.21. The average Bonchev–Trinajstić information content (AvgIpc) is 3.32. The van der Waals surface area contributed by atoms with E-state index in [1.807, 2.05) is 30.3 Å². The Balaban J connectivity index is 1.38. The predicted octanol–water partition coefficient (Wildman–Crippen LogP) is 6.10. The van der Waals surface area contributed by atoms with Gasteiger partial charge in [0.2, 0.25) is 5.91 Å². The number of hydrogen-bond donors (Lipinski definition) is 3. The normalized spacial score (nSPS) is 18.5. The monoisotopic (exact) mass is 611 g/mol. The molecule has 10 heteroatoms. The van der Waals surface area contributed by atoms with E-state index in [-0.39, 0.29) is 30.9 Å². The highest BCUT2D eigenvalue weighted by atomic mass is 35.5. The smallest absolute Gasteiger partial charge is 0.416 e. The second-order valence-corrected chi connectivity index (χ2v) is 12.0. The zero-order chi connectivity index (χ0) is 30.0. The van der Waals surface area contributed by atoms with E-state index in [4.69, 9.17) is 32.7 Å². The Morgan fingerprint density at radius 1 is 1.10 bits per heavy atom. The number of ether oxygens (including phenoxy) is 2. The number of carbonyl (C=O) groups is 2. The van der Waals surface area contributed by atoms with Gasteiger partial charge in [-0.15, -0.1) is 0 Å². The first-order valence-electron chi connectivity index (χ1n) is 14.1. The minimum Gasteiger partial charge on any atom is -0.491 e. The van der Waals surface area contributed by atoms with Gasteiger partial charge in [0, 0.05) is 40.5 Å². The fourth-order valence-corrected chi connectivity index (χ4v) is 5.61. The van der Waals surface area contributed by atoms with E-state index >= 15 is 0 Å². The molecule has 3 atom stereocenters. The van der Waals surface area contributed by atoms with Crippen LogP contribution in [0.15, 0.2) is 53.6 Å². The maximum atomic E-state index is 13.5. The molecule has 42 heavy (non-hydrogen) atoms. The number of halogens is 2. The Labute approximate surface area is 255 Å². The number of carbonyl (C=O) groups excluding carboxylic acids is 2. The fraction of sp³-hybridized carbons (Fsp3) is 0.375. The number of H-pyrrole nitrogens is 1. The Hall–Kier alpha value is -3.46. The van der Waals surface area contributed by atoms with Gasteiger partial charge in [-0.25, -0.2) is 4.79 Å². The number of rotatable bonds is 8. The lowest BCUT2D eigenvalue weighted by molar-refractivity contribution is -0.124. The highest BCUT2D eigenvalue weighted by molar-refractivity contribution is 6.32. The van der Waals surface area contributed by atoms with Crippen LogP contribution in [0.25, 0.3) is 6.08 Å². The lowest BCUT2D eigenvalue weighted by atomic mass is 9.89. The summed E-state index contributed by atoms with van der Waals surface area (Å²) >= 11 is 12.6.